The van der Waals surface area contributed by atoms with Crippen LogP contribution in [0.25, 0.3) is 0 Å². The molecular weight excluding hydrogens is 262 g/mol. The van der Waals surface area contributed by atoms with Gasteiger partial charge in [0.2, 0.25) is 0 Å². The Morgan fingerprint density at radius 3 is 2.43 bits per heavy atom. The van der Waals surface area contributed by atoms with E-state index in [1.807, 2.05) is 54.6 Å². The highest BCUT2D eigenvalue weighted by Crippen LogP contribution is 2.52. The van der Waals surface area contributed by atoms with Crippen LogP contribution in [0, 0.1) is 0 Å². The van der Waals surface area contributed by atoms with Gasteiger partial charge in [-0.2, -0.15) is 0 Å². The highest BCUT2D eigenvalue weighted by molar-refractivity contribution is 5.41. The lowest BCUT2D eigenvalue weighted by molar-refractivity contribution is 0.306. The van der Waals surface area contributed by atoms with Gasteiger partial charge in [-0.15, -0.1) is 0 Å². The van der Waals surface area contributed by atoms with E-state index in [9.17, 15) is 5.11 Å². The molecule has 3 N–H and O–H groups in total. The highest BCUT2D eigenvalue weighted by Gasteiger charge is 2.54. The molecule has 0 amide bonds. The third kappa shape index (κ3) is 2.78. The third-order valence-electron chi connectivity index (χ3n) is 4.07. The van der Waals surface area contributed by atoms with Gasteiger partial charge in [0.25, 0.3) is 0 Å². The van der Waals surface area contributed by atoms with E-state index in [-0.39, 0.29) is 11.7 Å². The first-order valence-electron chi connectivity index (χ1n) is 7.03. The first-order chi connectivity index (χ1) is 10.1. The van der Waals surface area contributed by atoms with Crippen molar-refractivity contribution in [3.05, 3.63) is 78.1 Å². The van der Waals surface area contributed by atoms with Crippen molar-refractivity contribution in [3.63, 3.8) is 0 Å². The quantitative estimate of drug-likeness (QED) is 0.824. The monoisotopic (exact) mass is 281 g/mol. The van der Waals surface area contributed by atoms with Crippen LogP contribution in [0.2, 0.25) is 0 Å². The average molecular weight is 281 g/mol. The van der Waals surface area contributed by atoms with Crippen LogP contribution in [0.5, 0.6) is 5.75 Å². The van der Waals surface area contributed by atoms with Crippen LogP contribution in [0.1, 0.15) is 23.5 Å². The Labute approximate surface area is 124 Å². The summed E-state index contributed by atoms with van der Waals surface area (Å²) in [6, 6.07) is 17.9. The number of nitrogens with two attached hydrogens (primary N) is 1. The number of hydrogen-bond donors (Lipinski definition) is 2. The van der Waals surface area contributed by atoms with E-state index < -0.39 is 5.54 Å². The summed E-state index contributed by atoms with van der Waals surface area (Å²) in [7, 11) is 0. The molecule has 0 saturated heterocycles. The molecule has 1 aliphatic carbocycles. The van der Waals surface area contributed by atoms with Crippen molar-refractivity contribution in [2.45, 2.75) is 24.5 Å². The topological polar surface area (TPSA) is 55.5 Å². The predicted molar refractivity (Wildman–Crippen MR) is 83.3 cm³/mol. The van der Waals surface area contributed by atoms with Crippen LogP contribution >= 0.6 is 0 Å². The number of aliphatic hydroxyl groups excluding tert-OH is 1. The van der Waals surface area contributed by atoms with E-state index in [1.54, 1.807) is 0 Å². The maximum atomic E-state index is 9.50. The zero-order valence-corrected chi connectivity index (χ0v) is 11.8. The van der Waals surface area contributed by atoms with Crippen molar-refractivity contribution < 1.29 is 9.84 Å². The molecular formula is C18H19NO2. The summed E-state index contributed by atoms with van der Waals surface area (Å²) in [6.07, 6.45) is 0.743. The van der Waals surface area contributed by atoms with Crippen molar-refractivity contribution in [1.82, 2.24) is 0 Å². The third-order valence-corrected chi connectivity index (χ3v) is 4.07. The maximum absolute atomic E-state index is 9.50. The van der Waals surface area contributed by atoms with E-state index in [2.05, 4.69) is 6.58 Å². The van der Waals surface area contributed by atoms with Gasteiger partial charge < -0.3 is 15.6 Å². The van der Waals surface area contributed by atoms with E-state index in [1.165, 1.54) is 0 Å². The van der Waals surface area contributed by atoms with E-state index in [4.69, 9.17) is 10.5 Å². The standard InChI is InChI=1S/C18H19NO2/c1-13(20)18(19)11-17(18)15-7-9-16(10-8-15)21-12-14-5-3-2-4-6-14/h2-10,17,20H,1,11-12,19H2. The summed E-state index contributed by atoms with van der Waals surface area (Å²) in [5.41, 5.74) is 7.66. The summed E-state index contributed by atoms with van der Waals surface area (Å²) in [5.74, 6) is 1.05. The molecule has 3 heteroatoms. The van der Waals surface area contributed by atoms with E-state index in [0.717, 1.165) is 23.3 Å². The lowest BCUT2D eigenvalue weighted by Crippen LogP contribution is -2.26. The molecule has 0 bridgehead atoms. The van der Waals surface area contributed by atoms with Crippen molar-refractivity contribution in [1.29, 1.82) is 0 Å². The smallest absolute Gasteiger partial charge is 0.119 e. The summed E-state index contributed by atoms with van der Waals surface area (Å²) < 4.78 is 5.75. The van der Waals surface area contributed by atoms with Gasteiger partial charge in [0.1, 0.15) is 18.1 Å². The molecule has 0 aromatic heterocycles. The van der Waals surface area contributed by atoms with E-state index in [0.29, 0.717) is 6.61 Å². The zero-order chi connectivity index (χ0) is 14.9. The molecule has 3 rings (SSSR count). The van der Waals surface area contributed by atoms with Crippen LogP contribution in [-0.2, 0) is 6.61 Å². The molecule has 1 aliphatic rings. The Morgan fingerprint density at radius 1 is 1.19 bits per heavy atom. The van der Waals surface area contributed by atoms with Crippen LogP contribution in [0.15, 0.2) is 66.9 Å². The molecule has 2 atom stereocenters. The molecule has 0 radical (unpaired) electrons. The summed E-state index contributed by atoms with van der Waals surface area (Å²) in [4.78, 5) is 0. The van der Waals surface area contributed by atoms with Gasteiger partial charge >= 0.3 is 0 Å². The minimum atomic E-state index is -0.646. The first-order valence-corrected chi connectivity index (χ1v) is 7.03. The Hall–Kier alpha value is -2.26. The second-order valence-corrected chi connectivity index (χ2v) is 5.59. The SMILES string of the molecule is C=C(O)C1(N)CC1c1ccc(OCc2ccccc2)cc1. The minimum Gasteiger partial charge on any atom is -0.511 e. The Bertz CT molecular complexity index is 636. The number of ether oxygens (including phenoxy) is 1. The van der Waals surface area contributed by atoms with Gasteiger partial charge in [0.05, 0.1) is 5.54 Å². The lowest BCUT2D eigenvalue weighted by Gasteiger charge is -2.10. The Kier molecular flexibility index (Phi) is 3.43. The number of rotatable bonds is 5. The van der Waals surface area contributed by atoms with Crippen molar-refractivity contribution in [2.75, 3.05) is 0 Å². The molecule has 3 nitrogen and oxygen atoms in total. The molecule has 2 unspecified atom stereocenters. The fourth-order valence-electron chi connectivity index (χ4n) is 2.55. The largest absolute Gasteiger partial charge is 0.511 e. The molecule has 2 aromatic rings. The first kappa shape index (κ1) is 13.7. The zero-order valence-electron chi connectivity index (χ0n) is 11.8. The Balaban J connectivity index is 1.62. The summed E-state index contributed by atoms with van der Waals surface area (Å²) >= 11 is 0. The summed E-state index contributed by atoms with van der Waals surface area (Å²) in [6.45, 7) is 4.10. The molecule has 0 spiro atoms. The van der Waals surface area contributed by atoms with Crippen LogP contribution in [0.4, 0.5) is 0 Å². The van der Waals surface area contributed by atoms with Gasteiger partial charge in [-0.3, -0.25) is 0 Å². The number of aliphatic hydroxyl groups is 1. The minimum absolute atomic E-state index is 0.0666. The van der Waals surface area contributed by atoms with Gasteiger partial charge in [-0.05, 0) is 29.7 Å². The molecule has 108 valence electrons. The number of benzene rings is 2. The molecule has 1 fully saturated rings. The van der Waals surface area contributed by atoms with Crippen molar-refractivity contribution in [3.8, 4) is 5.75 Å². The second kappa shape index (κ2) is 5.26. The van der Waals surface area contributed by atoms with Gasteiger partial charge in [0, 0.05) is 5.92 Å². The molecule has 1 saturated carbocycles. The van der Waals surface area contributed by atoms with Gasteiger partial charge in [-0.25, -0.2) is 0 Å². The van der Waals surface area contributed by atoms with Crippen LogP contribution in [-0.4, -0.2) is 10.6 Å². The molecule has 0 aliphatic heterocycles. The van der Waals surface area contributed by atoms with E-state index >= 15 is 0 Å². The average Bonchev–Trinajstić information content (AvgIpc) is 3.21. The number of hydrogen-bond acceptors (Lipinski definition) is 3. The highest BCUT2D eigenvalue weighted by atomic mass is 16.5. The predicted octanol–water partition coefficient (Wildman–Crippen LogP) is 3.52. The second-order valence-electron chi connectivity index (χ2n) is 5.59. The van der Waals surface area contributed by atoms with Crippen molar-refractivity contribution >= 4 is 0 Å². The Morgan fingerprint density at radius 2 is 1.86 bits per heavy atom. The van der Waals surface area contributed by atoms with Gasteiger partial charge in [-0.1, -0.05) is 49.0 Å². The summed E-state index contributed by atoms with van der Waals surface area (Å²) in [5, 5.41) is 9.50. The van der Waals surface area contributed by atoms with Crippen molar-refractivity contribution in [2.24, 2.45) is 5.73 Å². The van der Waals surface area contributed by atoms with Crippen LogP contribution < -0.4 is 10.5 Å². The lowest BCUT2D eigenvalue weighted by atomic mass is 10.1. The fourth-order valence-corrected chi connectivity index (χ4v) is 2.55. The van der Waals surface area contributed by atoms with Gasteiger partial charge in [0.15, 0.2) is 0 Å². The fraction of sp³-hybridized carbons (Fsp3) is 0.222. The molecule has 2 aromatic carbocycles. The maximum Gasteiger partial charge on any atom is 0.119 e. The molecule has 21 heavy (non-hydrogen) atoms. The van der Waals surface area contributed by atoms with Crippen LogP contribution in [0.3, 0.4) is 0 Å². The molecule has 0 heterocycles. The normalized spacial score (nSPS) is 23.6.